The predicted octanol–water partition coefficient (Wildman–Crippen LogP) is -0.793. The molecule has 6 heteroatoms. The SMILES string of the molecule is C[C@H](NC(N)=O)C(=O)N1CCCO1. The van der Waals surface area contributed by atoms with E-state index in [-0.39, 0.29) is 5.91 Å². The van der Waals surface area contributed by atoms with E-state index in [1.54, 1.807) is 6.92 Å². The summed E-state index contributed by atoms with van der Waals surface area (Å²) in [6.45, 7) is 2.69. The van der Waals surface area contributed by atoms with Crippen molar-refractivity contribution in [2.75, 3.05) is 13.2 Å². The van der Waals surface area contributed by atoms with E-state index in [0.717, 1.165) is 6.42 Å². The Bertz CT molecular complexity index is 213. The fourth-order valence-electron chi connectivity index (χ4n) is 1.11. The number of amides is 3. The van der Waals surface area contributed by atoms with Crippen LogP contribution in [0.5, 0.6) is 0 Å². The molecule has 1 heterocycles. The number of hydrogen-bond acceptors (Lipinski definition) is 3. The van der Waals surface area contributed by atoms with Crippen molar-refractivity contribution in [1.82, 2.24) is 10.4 Å². The lowest BCUT2D eigenvalue weighted by Gasteiger charge is -2.18. The normalized spacial score (nSPS) is 18.4. The number of primary amides is 1. The highest BCUT2D eigenvalue weighted by atomic mass is 16.7. The molecule has 0 spiro atoms. The van der Waals surface area contributed by atoms with Crippen molar-refractivity contribution in [1.29, 1.82) is 0 Å². The summed E-state index contributed by atoms with van der Waals surface area (Å²) in [5.74, 6) is -0.267. The van der Waals surface area contributed by atoms with E-state index in [1.165, 1.54) is 5.06 Å². The molecular formula is C7H13N3O3. The van der Waals surface area contributed by atoms with Gasteiger partial charge in [0.05, 0.1) is 13.2 Å². The van der Waals surface area contributed by atoms with Crippen molar-refractivity contribution in [2.45, 2.75) is 19.4 Å². The summed E-state index contributed by atoms with van der Waals surface area (Å²) in [7, 11) is 0. The molecule has 0 unspecified atom stereocenters. The minimum Gasteiger partial charge on any atom is -0.352 e. The first-order chi connectivity index (χ1) is 6.11. The lowest BCUT2D eigenvalue weighted by atomic mass is 10.3. The molecule has 13 heavy (non-hydrogen) atoms. The Kier molecular flexibility index (Phi) is 3.07. The molecule has 0 aromatic heterocycles. The van der Waals surface area contributed by atoms with Crippen LogP contribution in [0.2, 0.25) is 0 Å². The van der Waals surface area contributed by atoms with Crippen LogP contribution in [0, 0.1) is 0 Å². The van der Waals surface area contributed by atoms with Crippen LogP contribution in [0.3, 0.4) is 0 Å². The molecule has 0 saturated carbocycles. The second kappa shape index (κ2) is 4.08. The molecular weight excluding hydrogens is 174 g/mol. The molecule has 3 amide bonds. The van der Waals surface area contributed by atoms with Gasteiger partial charge < -0.3 is 11.1 Å². The quantitative estimate of drug-likeness (QED) is 0.594. The van der Waals surface area contributed by atoms with Gasteiger partial charge in [-0.25, -0.2) is 9.86 Å². The molecule has 1 rings (SSSR count). The number of nitrogens with two attached hydrogens (primary N) is 1. The van der Waals surface area contributed by atoms with Crippen LogP contribution in [0.4, 0.5) is 4.79 Å². The zero-order valence-corrected chi connectivity index (χ0v) is 7.45. The van der Waals surface area contributed by atoms with Crippen LogP contribution in [0.1, 0.15) is 13.3 Å². The fourth-order valence-corrected chi connectivity index (χ4v) is 1.11. The van der Waals surface area contributed by atoms with Gasteiger partial charge in [-0.3, -0.25) is 9.63 Å². The smallest absolute Gasteiger partial charge is 0.312 e. The summed E-state index contributed by atoms with van der Waals surface area (Å²) in [6.07, 6.45) is 0.828. The zero-order valence-electron chi connectivity index (χ0n) is 7.45. The van der Waals surface area contributed by atoms with Crippen LogP contribution in [-0.2, 0) is 9.63 Å². The summed E-state index contributed by atoms with van der Waals surface area (Å²) < 4.78 is 0. The van der Waals surface area contributed by atoms with Gasteiger partial charge in [-0.2, -0.15) is 0 Å². The van der Waals surface area contributed by atoms with Crippen molar-refractivity contribution in [3.05, 3.63) is 0 Å². The summed E-state index contributed by atoms with van der Waals surface area (Å²) in [4.78, 5) is 26.8. The molecule has 1 saturated heterocycles. The van der Waals surface area contributed by atoms with Crippen molar-refractivity contribution < 1.29 is 14.4 Å². The van der Waals surface area contributed by atoms with Gasteiger partial charge in [-0.15, -0.1) is 0 Å². The number of hydroxylamine groups is 2. The largest absolute Gasteiger partial charge is 0.352 e. The van der Waals surface area contributed by atoms with Gasteiger partial charge in [0.1, 0.15) is 6.04 Å². The molecule has 74 valence electrons. The second-order valence-corrected chi connectivity index (χ2v) is 2.86. The molecule has 0 aromatic carbocycles. The molecule has 1 fully saturated rings. The molecule has 3 N–H and O–H groups in total. The standard InChI is InChI=1S/C7H13N3O3/c1-5(9-7(8)12)6(11)10-3-2-4-13-10/h5H,2-4H2,1H3,(H3,8,9,12)/t5-/m0/s1. The molecule has 0 aromatic rings. The number of carbonyl (C=O) groups is 2. The Morgan fingerprint density at radius 2 is 2.31 bits per heavy atom. The monoisotopic (exact) mass is 187 g/mol. The van der Waals surface area contributed by atoms with Crippen molar-refractivity contribution in [3.63, 3.8) is 0 Å². The van der Waals surface area contributed by atoms with Crippen molar-refractivity contribution in [3.8, 4) is 0 Å². The maximum atomic E-state index is 11.4. The van der Waals surface area contributed by atoms with Crippen molar-refractivity contribution >= 4 is 11.9 Å². The van der Waals surface area contributed by atoms with Crippen molar-refractivity contribution in [2.24, 2.45) is 5.73 Å². The highest BCUT2D eigenvalue weighted by Gasteiger charge is 2.24. The van der Waals surface area contributed by atoms with Gasteiger partial charge in [0.25, 0.3) is 5.91 Å². The molecule has 1 aliphatic rings. The van der Waals surface area contributed by atoms with Gasteiger partial charge in [0.2, 0.25) is 0 Å². The predicted molar refractivity (Wildman–Crippen MR) is 44.5 cm³/mol. The first-order valence-corrected chi connectivity index (χ1v) is 4.11. The Morgan fingerprint density at radius 3 is 2.77 bits per heavy atom. The lowest BCUT2D eigenvalue weighted by molar-refractivity contribution is -0.170. The second-order valence-electron chi connectivity index (χ2n) is 2.86. The van der Waals surface area contributed by atoms with E-state index in [0.29, 0.717) is 13.2 Å². The third kappa shape index (κ3) is 2.59. The van der Waals surface area contributed by atoms with E-state index in [1.807, 2.05) is 0 Å². The summed E-state index contributed by atoms with van der Waals surface area (Å²) >= 11 is 0. The molecule has 1 atom stereocenters. The highest BCUT2D eigenvalue weighted by Crippen LogP contribution is 2.05. The van der Waals surface area contributed by atoms with E-state index in [9.17, 15) is 9.59 Å². The fraction of sp³-hybridized carbons (Fsp3) is 0.714. The van der Waals surface area contributed by atoms with Gasteiger partial charge >= 0.3 is 6.03 Å². The van der Waals surface area contributed by atoms with Crippen LogP contribution in [-0.4, -0.2) is 36.2 Å². The zero-order chi connectivity index (χ0) is 9.84. The van der Waals surface area contributed by atoms with E-state index < -0.39 is 12.1 Å². The van der Waals surface area contributed by atoms with Crippen LogP contribution < -0.4 is 11.1 Å². The topological polar surface area (TPSA) is 84.7 Å². The lowest BCUT2D eigenvalue weighted by Crippen LogP contribution is -2.47. The summed E-state index contributed by atoms with van der Waals surface area (Å²) in [6, 6.07) is -1.34. The van der Waals surface area contributed by atoms with Crippen LogP contribution >= 0.6 is 0 Å². The van der Waals surface area contributed by atoms with Gasteiger partial charge in [0.15, 0.2) is 0 Å². The number of carbonyl (C=O) groups excluding carboxylic acids is 2. The minimum absolute atomic E-state index is 0.267. The summed E-state index contributed by atoms with van der Waals surface area (Å²) in [5.41, 5.74) is 4.87. The Balaban J connectivity index is 2.41. The number of urea groups is 1. The number of hydrogen-bond donors (Lipinski definition) is 2. The number of nitrogens with zero attached hydrogens (tertiary/aromatic N) is 1. The third-order valence-corrected chi connectivity index (χ3v) is 1.73. The minimum atomic E-state index is -0.708. The van der Waals surface area contributed by atoms with Gasteiger partial charge in [0, 0.05) is 0 Å². The molecule has 1 aliphatic heterocycles. The Hall–Kier alpha value is -1.30. The highest BCUT2D eigenvalue weighted by molar-refractivity contribution is 5.85. The first-order valence-electron chi connectivity index (χ1n) is 4.11. The molecule has 0 radical (unpaired) electrons. The third-order valence-electron chi connectivity index (χ3n) is 1.73. The van der Waals surface area contributed by atoms with E-state index in [2.05, 4.69) is 5.32 Å². The molecule has 6 nitrogen and oxygen atoms in total. The maximum absolute atomic E-state index is 11.4. The summed E-state index contributed by atoms with van der Waals surface area (Å²) in [5, 5.41) is 3.54. The van der Waals surface area contributed by atoms with E-state index >= 15 is 0 Å². The Morgan fingerprint density at radius 1 is 1.62 bits per heavy atom. The van der Waals surface area contributed by atoms with Gasteiger partial charge in [-0.1, -0.05) is 0 Å². The average Bonchev–Trinajstić information content (AvgIpc) is 2.53. The maximum Gasteiger partial charge on any atom is 0.312 e. The average molecular weight is 187 g/mol. The van der Waals surface area contributed by atoms with E-state index in [4.69, 9.17) is 10.6 Å². The van der Waals surface area contributed by atoms with Crippen LogP contribution in [0.15, 0.2) is 0 Å². The Labute approximate surface area is 76.0 Å². The molecule has 0 aliphatic carbocycles. The van der Waals surface area contributed by atoms with Crippen LogP contribution in [0.25, 0.3) is 0 Å². The van der Waals surface area contributed by atoms with Gasteiger partial charge in [-0.05, 0) is 13.3 Å². The number of nitrogens with one attached hydrogen (secondary N) is 1. The first kappa shape index (κ1) is 9.79. The number of rotatable bonds is 2. The molecule has 0 bridgehead atoms.